The van der Waals surface area contributed by atoms with Crippen molar-refractivity contribution in [1.29, 1.82) is 0 Å². The molecule has 1 N–H and O–H groups in total. The number of thiophene rings is 1. The standard InChI is InChI=1S/C18H22BrNS/c1-3-10-20-18(13-4-5-13)17-9-8-16(21-17)15-7-6-14(19)11-12(15)2/h6-9,11,13,18,20H,3-5,10H2,1-2H3. The van der Waals surface area contributed by atoms with E-state index in [0.29, 0.717) is 6.04 Å². The van der Waals surface area contributed by atoms with Gasteiger partial charge in [0.2, 0.25) is 0 Å². The first-order valence-electron chi connectivity index (χ1n) is 7.78. The fourth-order valence-corrected chi connectivity index (χ4v) is 4.54. The molecule has 1 aromatic heterocycles. The fraction of sp³-hybridized carbons (Fsp3) is 0.444. The van der Waals surface area contributed by atoms with Gasteiger partial charge in [0.05, 0.1) is 0 Å². The summed E-state index contributed by atoms with van der Waals surface area (Å²) in [7, 11) is 0. The second-order valence-corrected chi connectivity index (χ2v) is 7.96. The van der Waals surface area contributed by atoms with E-state index in [0.717, 1.165) is 16.9 Å². The van der Waals surface area contributed by atoms with Gasteiger partial charge in [-0.05, 0) is 74.0 Å². The quantitative estimate of drug-likeness (QED) is 0.669. The van der Waals surface area contributed by atoms with Crippen molar-refractivity contribution in [3.8, 4) is 10.4 Å². The molecule has 112 valence electrons. The highest BCUT2D eigenvalue weighted by molar-refractivity contribution is 9.10. The Hall–Kier alpha value is -0.640. The van der Waals surface area contributed by atoms with E-state index in [9.17, 15) is 0 Å². The normalized spacial score (nSPS) is 16.1. The highest BCUT2D eigenvalue weighted by Gasteiger charge is 2.32. The third kappa shape index (κ3) is 3.58. The van der Waals surface area contributed by atoms with Crippen molar-refractivity contribution in [2.45, 2.75) is 39.2 Å². The number of benzene rings is 1. The fourth-order valence-electron chi connectivity index (χ4n) is 2.80. The molecule has 1 heterocycles. The third-order valence-electron chi connectivity index (χ3n) is 4.09. The van der Waals surface area contributed by atoms with Gasteiger partial charge in [0.25, 0.3) is 0 Å². The van der Waals surface area contributed by atoms with Crippen molar-refractivity contribution < 1.29 is 0 Å². The molecule has 3 rings (SSSR count). The zero-order chi connectivity index (χ0) is 14.8. The molecule has 0 amide bonds. The van der Waals surface area contributed by atoms with Crippen molar-refractivity contribution in [3.05, 3.63) is 45.2 Å². The average molecular weight is 364 g/mol. The van der Waals surface area contributed by atoms with Gasteiger partial charge in [0.15, 0.2) is 0 Å². The van der Waals surface area contributed by atoms with Crippen molar-refractivity contribution in [2.75, 3.05) is 6.54 Å². The summed E-state index contributed by atoms with van der Waals surface area (Å²) in [6, 6.07) is 11.7. The molecule has 1 fully saturated rings. The van der Waals surface area contributed by atoms with Gasteiger partial charge in [-0.3, -0.25) is 0 Å². The third-order valence-corrected chi connectivity index (χ3v) is 5.79. The molecular formula is C18H22BrNS. The van der Waals surface area contributed by atoms with Gasteiger partial charge >= 0.3 is 0 Å². The minimum absolute atomic E-state index is 0.569. The topological polar surface area (TPSA) is 12.0 Å². The number of aryl methyl sites for hydroxylation is 1. The maximum absolute atomic E-state index is 3.74. The lowest BCUT2D eigenvalue weighted by Crippen LogP contribution is -2.22. The molecule has 2 aromatic rings. The van der Waals surface area contributed by atoms with Crippen LogP contribution in [-0.4, -0.2) is 6.54 Å². The molecule has 1 atom stereocenters. The second-order valence-electron chi connectivity index (χ2n) is 5.93. The Balaban J connectivity index is 1.84. The first kappa shape index (κ1) is 15.3. The van der Waals surface area contributed by atoms with E-state index < -0.39 is 0 Å². The van der Waals surface area contributed by atoms with E-state index in [1.165, 1.54) is 40.1 Å². The van der Waals surface area contributed by atoms with Crippen molar-refractivity contribution in [3.63, 3.8) is 0 Å². The molecule has 1 aliphatic carbocycles. The molecular weight excluding hydrogens is 342 g/mol. The van der Waals surface area contributed by atoms with Gasteiger partial charge in [-0.15, -0.1) is 11.3 Å². The Labute approximate surface area is 139 Å². The van der Waals surface area contributed by atoms with Crippen LogP contribution in [0.2, 0.25) is 0 Å². The van der Waals surface area contributed by atoms with Crippen LogP contribution in [0.5, 0.6) is 0 Å². The van der Waals surface area contributed by atoms with Crippen LogP contribution in [0.4, 0.5) is 0 Å². The number of rotatable bonds is 6. The Morgan fingerprint density at radius 2 is 2.10 bits per heavy atom. The summed E-state index contributed by atoms with van der Waals surface area (Å²) in [5.74, 6) is 0.856. The van der Waals surface area contributed by atoms with Crippen LogP contribution in [0.15, 0.2) is 34.8 Å². The lowest BCUT2D eigenvalue weighted by molar-refractivity contribution is 0.488. The monoisotopic (exact) mass is 363 g/mol. The Morgan fingerprint density at radius 3 is 2.76 bits per heavy atom. The Bertz CT molecular complexity index is 615. The summed E-state index contributed by atoms with van der Waals surface area (Å²) >= 11 is 5.50. The molecule has 3 heteroatoms. The van der Waals surface area contributed by atoms with E-state index in [4.69, 9.17) is 0 Å². The predicted molar refractivity (Wildman–Crippen MR) is 96.0 cm³/mol. The van der Waals surface area contributed by atoms with Crippen LogP contribution in [0.1, 0.15) is 42.7 Å². The minimum Gasteiger partial charge on any atom is -0.309 e. The maximum atomic E-state index is 3.74. The highest BCUT2D eigenvalue weighted by atomic mass is 79.9. The summed E-state index contributed by atoms with van der Waals surface area (Å²) in [5.41, 5.74) is 2.70. The van der Waals surface area contributed by atoms with E-state index in [-0.39, 0.29) is 0 Å². The lowest BCUT2D eigenvalue weighted by Gasteiger charge is -2.16. The highest BCUT2D eigenvalue weighted by Crippen LogP contribution is 2.44. The summed E-state index contributed by atoms with van der Waals surface area (Å²) < 4.78 is 1.15. The van der Waals surface area contributed by atoms with Crippen molar-refractivity contribution in [2.24, 2.45) is 5.92 Å². The smallest absolute Gasteiger partial charge is 0.0443 e. The summed E-state index contributed by atoms with van der Waals surface area (Å²) in [6.07, 6.45) is 3.96. The van der Waals surface area contributed by atoms with Crippen LogP contribution in [0, 0.1) is 12.8 Å². The number of hydrogen-bond acceptors (Lipinski definition) is 2. The van der Waals surface area contributed by atoms with Crippen LogP contribution in [0.25, 0.3) is 10.4 Å². The molecule has 1 unspecified atom stereocenters. The van der Waals surface area contributed by atoms with Gasteiger partial charge in [0.1, 0.15) is 0 Å². The number of hydrogen-bond donors (Lipinski definition) is 1. The average Bonchev–Trinajstić information content (AvgIpc) is 3.18. The van der Waals surface area contributed by atoms with E-state index in [1.54, 1.807) is 0 Å². The first-order valence-corrected chi connectivity index (χ1v) is 9.39. The van der Waals surface area contributed by atoms with Crippen LogP contribution in [0.3, 0.4) is 0 Å². The SMILES string of the molecule is CCCNC(c1ccc(-c2ccc(Br)cc2C)s1)C1CC1. The second kappa shape index (κ2) is 6.64. The van der Waals surface area contributed by atoms with Gasteiger partial charge in [-0.1, -0.05) is 28.9 Å². The van der Waals surface area contributed by atoms with Gasteiger partial charge in [-0.25, -0.2) is 0 Å². The number of nitrogens with one attached hydrogen (secondary N) is 1. The summed E-state index contributed by atoms with van der Waals surface area (Å²) in [5, 5.41) is 3.74. The molecule has 0 saturated heterocycles. The number of halogens is 1. The molecule has 0 spiro atoms. The minimum atomic E-state index is 0.569. The Morgan fingerprint density at radius 1 is 1.29 bits per heavy atom. The van der Waals surface area contributed by atoms with Gasteiger partial charge in [0, 0.05) is 20.3 Å². The molecule has 1 nitrogen and oxygen atoms in total. The lowest BCUT2D eigenvalue weighted by atomic mass is 10.1. The zero-order valence-corrected chi connectivity index (χ0v) is 15.1. The van der Waals surface area contributed by atoms with Crippen LogP contribution >= 0.6 is 27.3 Å². The molecule has 0 bridgehead atoms. The molecule has 0 aliphatic heterocycles. The summed E-state index contributed by atoms with van der Waals surface area (Å²) in [6.45, 7) is 5.54. The van der Waals surface area contributed by atoms with Crippen LogP contribution < -0.4 is 5.32 Å². The van der Waals surface area contributed by atoms with E-state index in [2.05, 4.69) is 65.4 Å². The van der Waals surface area contributed by atoms with E-state index >= 15 is 0 Å². The van der Waals surface area contributed by atoms with E-state index in [1.807, 2.05) is 11.3 Å². The van der Waals surface area contributed by atoms with Crippen molar-refractivity contribution in [1.82, 2.24) is 5.32 Å². The molecule has 21 heavy (non-hydrogen) atoms. The zero-order valence-electron chi connectivity index (χ0n) is 12.7. The molecule has 1 saturated carbocycles. The van der Waals surface area contributed by atoms with Crippen LogP contribution in [-0.2, 0) is 0 Å². The predicted octanol–water partition coefficient (Wildman–Crippen LogP) is 5.94. The Kier molecular flexibility index (Phi) is 4.82. The molecule has 1 aromatic carbocycles. The largest absolute Gasteiger partial charge is 0.309 e. The first-order chi connectivity index (χ1) is 10.2. The molecule has 1 aliphatic rings. The maximum Gasteiger partial charge on any atom is 0.0443 e. The molecule has 0 radical (unpaired) electrons. The van der Waals surface area contributed by atoms with Crippen molar-refractivity contribution >= 4 is 27.3 Å². The summed E-state index contributed by atoms with van der Waals surface area (Å²) in [4.78, 5) is 2.89. The van der Waals surface area contributed by atoms with Gasteiger partial charge < -0.3 is 5.32 Å². The van der Waals surface area contributed by atoms with Gasteiger partial charge in [-0.2, -0.15) is 0 Å².